The van der Waals surface area contributed by atoms with Gasteiger partial charge in [0.2, 0.25) is 5.95 Å². The number of fused-ring (bicyclic) bond motifs is 1. The second-order valence-electron chi connectivity index (χ2n) is 4.52. The Morgan fingerprint density at radius 2 is 2.16 bits per heavy atom. The van der Waals surface area contributed by atoms with E-state index >= 15 is 0 Å². The van der Waals surface area contributed by atoms with Crippen molar-refractivity contribution in [2.75, 3.05) is 5.73 Å². The molecule has 3 aromatic rings. The number of nitrogens with two attached hydrogens (primary N) is 1. The number of hydrogen-bond acceptors (Lipinski definition) is 3. The number of hydrogen-bond donors (Lipinski definition) is 1. The summed E-state index contributed by atoms with van der Waals surface area (Å²) in [5, 5.41) is 0. The summed E-state index contributed by atoms with van der Waals surface area (Å²) in [5.41, 5.74) is 9.38. The summed E-state index contributed by atoms with van der Waals surface area (Å²) in [7, 11) is 0. The van der Waals surface area contributed by atoms with Gasteiger partial charge < -0.3 is 10.3 Å². The van der Waals surface area contributed by atoms with Gasteiger partial charge in [-0.2, -0.15) is 0 Å². The van der Waals surface area contributed by atoms with Gasteiger partial charge in [-0.1, -0.05) is 12.1 Å². The number of para-hydroxylation sites is 1. The lowest BCUT2D eigenvalue weighted by molar-refractivity contribution is 0.731. The van der Waals surface area contributed by atoms with Crippen LogP contribution in [0.3, 0.4) is 0 Å². The minimum absolute atomic E-state index is 0.597. The van der Waals surface area contributed by atoms with Gasteiger partial charge in [-0.3, -0.25) is 0 Å². The van der Waals surface area contributed by atoms with Crippen molar-refractivity contribution in [2.45, 2.75) is 19.9 Å². The van der Waals surface area contributed by atoms with E-state index in [9.17, 15) is 0 Å². The van der Waals surface area contributed by atoms with Crippen LogP contribution in [-0.4, -0.2) is 9.55 Å². The maximum absolute atomic E-state index is 6.04. The fourth-order valence-corrected chi connectivity index (χ4v) is 3.79. The molecule has 98 valence electrons. The minimum Gasteiger partial charge on any atom is -0.369 e. The fourth-order valence-electron chi connectivity index (χ4n) is 2.32. The van der Waals surface area contributed by atoms with Crippen molar-refractivity contribution in [1.29, 1.82) is 0 Å². The second kappa shape index (κ2) is 4.98. The summed E-state index contributed by atoms with van der Waals surface area (Å²) in [6, 6.07) is 10.4. The number of thiophene rings is 1. The molecule has 0 atom stereocenters. The van der Waals surface area contributed by atoms with Crippen LogP contribution in [0.1, 0.15) is 10.4 Å². The van der Waals surface area contributed by atoms with Crippen LogP contribution in [0.2, 0.25) is 0 Å². The van der Waals surface area contributed by atoms with Gasteiger partial charge in [0.05, 0.1) is 14.8 Å². The Bertz CT molecular complexity index is 729. The monoisotopic (exact) mass is 335 g/mol. The molecule has 3 rings (SSSR count). The third kappa shape index (κ3) is 2.40. The molecule has 0 amide bonds. The molecule has 0 saturated heterocycles. The van der Waals surface area contributed by atoms with E-state index in [4.69, 9.17) is 5.73 Å². The molecule has 2 aromatic heterocycles. The number of aromatic nitrogens is 2. The van der Waals surface area contributed by atoms with Gasteiger partial charge in [0.1, 0.15) is 0 Å². The molecular formula is C14H14BrN3S. The van der Waals surface area contributed by atoms with Crippen molar-refractivity contribution in [3.63, 3.8) is 0 Å². The number of nitrogens with zero attached hydrogens (tertiary/aromatic N) is 2. The highest BCUT2D eigenvalue weighted by Crippen LogP contribution is 2.25. The van der Waals surface area contributed by atoms with Crippen LogP contribution in [0.15, 0.2) is 34.1 Å². The fraction of sp³-hybridized carbons (Fsp3) is 0.214. The van der Waals surface area contributed by atoms with Gasteiger partial charge in [-0.25, -0.2) is 4.98 Å². The molecule has 19 heavy (non-hydrogen) atoms. The molecule has 0 aliphatic carbocycles. The molecular weight excluding hydrogens is 322 g/mol. The average molecular weight is 336 g/mol. The van der Waals surface area contributed by atoms with Crippen molar-refractivity contribution in [2.24, 2.45) is 0 Å². The van der Waals surface area contributed by atoms with Crippen molar-refractivity contribution < 1.29 is 0 Å². The Kier molecular flexibility index (Phi) is 3.33. The maximum atomic E-state index is 6.04. The third-order valence-corrected chi connectivity index (χ3v) is 4.89. The molecule has 0 aliphatic rings. The Hall–Kier alpha value is -1.33. The number of anilines is 1. The van der Waals surface area contributed by atoms with Gasteiger partial charge in [0.15, 0.2) is 0 Å². The zero-order valence-corrected chi connectivity index (χ0v) is 13.0. The molecule has 2 N–H and O–H groups in total. The molecule has 0 unspecified atom stereocenters. The van der Waals surface area contributed by atoms with Crippen molar-refractivity contribution in [1.82, 2.24) is 9.55 Å². The number of rotatable bonds is 3. The highest BCUT2D eigenvalue weighted by atomic mass is 79.9. The van der Waals surface area contributed by atoms with E-state index in [1.165, 1.54) is 14.2 Å². The van der Waals surface area contributed by atoms with Gasteiger partial charge in [0, 0.05) is 11.4 Å². The van der Waals surface area contributed by atoms with Crippen LogP contribution >= 0.6 is 27.3 Å². The number of imidazole rings is 1. The molecule has 0 saturated carbocycles. The van der Waals surface area contributed by atoms with Crippen LogP contribution in [0.25, 0.3) is 11.0 Å². The van der Waals surface area contributed by atoms with E-state index in [-0.39, 0.29) is 0 Å². The summed E-state index contributed by atoms with van der Waals surface area (Å²) in [6.45, 7) is 2.96. The molecule has 0 bridgehead atoms. The molecule has 0 fully saturated rings. The summed E-state index contributed by atoms with van der Waals surface area (Å²) in [4.78, 5) is 5.78. The van der Waals surface area contributed by atoms with Crippen LogP contribution in [-0.2, 0) is 13.0 Å². The first-order valence-electron chi connectivity index (χ1n) is 6.10. The number of halogens is 1. The van der Waals surface area contributed by atoms with Gasteiger partial charge in [-0.15, -0.1) is 11.3 Å². The quantitative estimate of drug-likeness (QED) is 0.786. The smallest absolute Gasteiger partial charge is 0.201 e. The zero-order valence-electron chi connectivity index (χ0n) is 10.6. The van der Waals surface area contributed by atoms with Crippen LogP contribution in [0, 0.1) is 6.92 Å². The van der Waals surface area contributed by atoms with E-state index in [1.807, 2.05) is 12.1 Å². The standard InChI is InChI=1S/C14H14BrN3S/c1-9-3-2-4-11-13(9)18(14(16)17-11)8-7-10-5-6-12(15)19-10/h2-6H,7-8H2,1H3,(H2,16,17). The first-order chi connectivity index (χ1) is 9.15. The first-order valence-corrected chi connectivity index (χ1v) is 7.71. The summed E-state index contributed by atoms with van der Waals surface area (Å²) in [5.74, 6) is 0.597. The van der Waals surface area contributed by atoms with Gasteiger partial charge in [-0.05, 0) is 53.0 Å². The van der Waals surface area contributed by atoms with Crippen molar-refractivity contribution in [3.8, 4) is 0 Å². The van der Waals surface area contributed by atoms with Crippen LogP contribution < -0.4 is 5.73 Å². The molecule has 0 spiro atoms. The molecule has 2 heterocycles. The Morgan fingerprint density at radius 3 is 2.89 bits per heavy atom. The molecule has 1 aromatic carbocycles. The van der Waals surface area contributed by atoms with E-state index in [0.717, 1.165) is 24.0 Å². The highest BCUT2D eigenvalue weighted by Gasteiger charge is 2.10. The second-order valence-corrected chi connectivity index (χ2v) is 7.07. The predicted octanol–water partition coefficient (Wildman–Crippen LogP) is 3.99. The molecule has 5 heteroatoms. The lowest BCUT2D eigenvalue weighted by atomic mass is 10.2. The van der Waals surface area contributed by atoms with Gasteiger partial charge in [0.25, 0.3) is 0 Å². The van der Waals surface area contributed by atoms with Gasteiger partial charge >= 0.3 is 0 Å². The molecule has 0 radical (unpaired) electrons. The Labute approximate surface area is 124 Å². The summed E-state index contributed by atoms with van der Waals surface area (Å²) >= 11 is 5.26. The Balaban J connectivity index is 1.94. The third-order valence-electron chi connectivity index (χ3n) is 3.21. The summed E-state index contributed by atoms with van der Waals surface area (Å²) < 4.78 is 3.28. The van der Waals surface area contributed by atoms with E-state index in [2.05, 4.69) is 50.6 Å². The van der Waals surface area contributed by atoms with E-state index in [0.29, 0.717) is 5.95 Å². The largest absolute Gasteiger partial charge is 0.369 e. The number of benzene rings is 1. The predicted molar refractivity (Wildman–Crippen MR) is 84.6 cm³/mol. The number of aryl methyl sites for hydroxylation is 3. The SMILES string of the molecule is Cc1cccc2nc(N)n(CCc3ccc(Br)s3)c12. The molecule has 0 aliphatic heterocycles. The van der Waals surface area contributed by atoms with Crippen molar-refractivity contribution >= 4 is 44.2 Å². The zero-order chi connectivity index (χ0) is 13.4. The first kappa shape index (κ1) is 12.7. The lowest BCUT2D eigenvalue weighted by Gasteiger charge is -2.07. The topological polar surface area (TPSA) is 43.8 Å². The lowest BCUT2D eigenvalue weighted by Crippen LogP contribution is -2.05. The summed E-state index contributed by atoms with van der Waals surface area (Å²) in [6.07, 6.45) is 0.972. The van der Waals surface area contributed by atoms with E-state index < -0.39 is 0 Å². The minimum atomic E-state index is 0.597. The van der Waals surface area contributed by atoms with Crippen molar-refractivity contribution in [3.05, 3.63) is 44.6 Å². The molecule has 3 nitrogen and oxygen atoms in total. The Morgan fingerprint density at radius 1 is 1.32 bits per heavy atom. The average Bonchev–Trinajstić information content (AvgIpc) is 2.91. The number of nitrogen functional groups attached to an aromatic ring is 1. The normalized spacial score (nSPS) is 11.3. The van der Waals surface area contributed by atoms with E-state index in [1.54, 1.807) is 11.3 Å². The maximum Gasteiger partial charge on any atom is 0.201 e. The van der Waals surface area contributed by atoms with Crippen LogP contribution in [0.4, 0.5) is 5.95 Å². The van der Waals surface area contributed by atoms with Crippen LogP contribution in [0.5, 0.6) is 0 Å². The highest BCUT2D eigenvalue weighted by molar-refractivity contribution is 9.11.